The van der Waals surface area contributed by atoms with E-state index in [-0.39, 0.29) is 6.61 Å². The molecule has 1 atom stereocenters. The Labute approximate surface area is 132 Å². The van der Waals surface area contributed by atoms with Crippen LogP contribution in [0, 0.1) is 5.41 Å². The van der Waals surface area contributed by atoms with Crippen molar-refractivity contribution >= 4 is 6.09 Å². The van der Waals surface area contributed by atoms with Crippen LogP contribution in [0.15, 0.2) is 12.4 Å². The van der Waals surface area contributed by atoms with Gasteiger partial charge in [-0.05, 0) is 46.1 Å². The fraction of sp³-hybridized carbons (Fsp3) is 0.750. The van der Waals surface area contributed by atoms with E-state index in [4.69, 9.17) is 4.74 Å². The third-order valence-electron chi connectivity index (χ3n) is 3.68. The van der Waals surface area contributed by atoms with E-state index in [0.717, 1.165) is 18.5 Å². The minimum absolute atomic E-state index is 0.00337. The van der Waals surface area contributed by atoms with Crippen LogP contribution in [0.2, 0.25) is 0 Å². The van der Waals surface area contributed by atoms with Crippen molar-refractivity contribution in [2.45, 2.75) is 59.6 Å². The average Bonchev–Trinajstić information content (AvgIpc) is 2.89. The molecule has 6 nitrogen and oxygen atoms in total. The van der Waals surface area contributed by atoms with Gasteiger partial charge in [0.2, 0.25) is 0 Å². The number of hydrogen-bond donors (Lipinski definition) is 2. The molecule has 0 spiro atoms. The molecule has 1 heterocycles. The third kappa shape index (κ3) is 5.67. The van der Waals surface area contributed by atoms with E-state index in [9.17, 15) is 9.90 Å². The van der Waals surface area contributed by atoms with Crippen LogP contribution >= 0.6 is 0 Å². The molecule has 0 radical (unpaired) electrons. The van der Waals surface area contributed by atoms with E-state index in [1.807, 2.05) is 51.7 Å². The highest BCUT2D eigenvalue weighted by Crippen LogP contribution is 2.26. The fourth-order valence-electron chi connectivity index (χ4n) is 2.21. The standard InChI is InChI=1S/C16H29N3O3/c1-6-16(12-20,8-13-9-18-19(7-2)10-13)11-17-14(21)22-15(3,4)5/h9-10,20H,6-8,11-12H2,1-5H3,(H,17,21). The van der Waals surface area contributed by atoms with Crippen LogP contribution in [0.1, 0.15) is 46.6 Å². The molecule has 1 aromatic heterocycles. The zero-order chi connectivity index (χ0) is 16.8. The maximum Gasteiger partial charge on any atom is 0.407 e. The number of hydrogen-bond acceptors (Lipinski definition) is 4. The smallest absolute Gasteiger partial charge is 0.407 e. The van der Waals surface area contributed by atoms with Crippen LogP contribution in [0.5, 0.6) is 0 Å². The van der Waals surface area contributed by atoms with Crippen molar-refractivity contribution in [1.82, 2.24) is 15.1 Å². The molecule has 0 aliphatic rings. The number of aliphatic hydroxyl groups excluding tert-OH is 1. The number of aryl methyl sites for hydroxylation is 1. The lowest BCUT2D eigenvalue weighted by Gasteiger charge is -2.31. The predicted molar refractivity (Wildman–Crippen MR) is 85.7 cm³/mol. The van der Waals surface area contributed by atoms with Crippen molar-refractivity contribution in [3.63, 3.8) is 0 Å². The Hall–Kier alpha value is -1.56. The van der Waals surface area contributed by atoms with E-state index in [1.165, 1.54) is 0 Å². The van der Waals surface area contributed by atoms with Gasteiger partial charge in [-0.25, -0.2) is 4.79 Å². The Morgan fingerprint density at radius 1 is 1.41 bits per heavy atom. The van der Waals surface area contributed by atoms with Crippen LogP contribution < -0.4 is 5.32 Å². The summed E-state index contributed by atoms with van der Waals surface area (Å²) in [4.78, 5) is 11.8. The lowest BCUT2D eigenvalue weighted by molar-refractivity contribution is 0.0461. The molecular weight excluding hydrogens is 282 g/mol. The Morgan fingerprint density at radius 2 is 2.09 bits per heavy atom. The minimum Gasteiger partial charge on any atom is -0.444 e. The zero-order valence-corrected chi connectivity index (χ0v) is 14.3. The van der Waals surface area contributed by atoms with Crippen molar-refractivity contribution in [2.75, 3.05) is 13.2 Å². The summed E-state index contributed by atoms with van der Waals surface area (Å²) in [5.74, 6) is 0. The molecule has 0 saturated carbocycles. The van der Waals surface area contributed by atoms with Crippen LogP contribution in [0.4, 0.5) is 4.79 Å². The Bertz CT molecular complexity index is 473. The van der Waals surface area contributed by atoms with Gasteiger partial charge in [-0.3, -0.25) is 4.68 Å². The summed E-state index contributed by atoms with van der Waals surface area (Å²) in [6, 6.07) is 0. The average molecular weight is 311 g/mol. The first-order valence-corrected chi connectivity index (χ1v) is 7.82. The number of nitrogens with zero attached hydrogens (tertiary/aromatic N) is 2. The summed E-state index contributed by atoms with van der Waals surface area (Å²) < 4.78 is 7.10. The molecular formula is C16H29N3O3. The van der Waals surface area contributed by atoms with Crippen LogP contribution in [-0.4, -0.2) is 39.7 Å². The first-order valence-electron chi connectivity index (χ1n) is 7.82. The number of aliphatic hydroxyl groups is 1. The molecule has 0 aromatic carbocycles. The topological polar surface area (TPSA) is 76.4 Å². The van der Waals surface area contributed by atoms with Crippen molar-refractivity contribution < 1.29 is 14.6 Å². The summed E-state index contributed by atoms with van der Waals surface area (Å²) in [6.45, 7) is 10.7. The number of aromatic nitrogens is 2. The molecule has 1 aromatic rings. The fourth-order valence-corrected chi connectivity index (χ4v) is 2.21. The minimum atomic E-state index is -0.527. The number of amides is 1. The Kier molecular flexibility index (Phi) is 6.41. The maximum absolute atomic E-state index is 11.8. The van der Waals surface area contributed by atoms with Gasteiger partial charge in [0.15, 0.2) is 0 Å². The highest BCUT2D eigenvalue weighted by molar-refractivity contribution is 5.67. The van der Waals surface area contributed by atoms with E-state index in [0.29, 0.717) is 13.0 Å². The summed E-state index contributed by atoms with van der Waals surface area (Å²) in [5, 5.41) is 16.9. The second-order valence-electron chi connectivity index (χ2n) is 6.75. The van der Waals surface area contributed by atoms with Crippen LogP contribution in [0.3, 0.4) is 0 Å². The SMILES string of the molecule is CCn1cc(CC(CC)(CO)CNC(=O)OC(C)(C)C)cn1. The summed E-state index contributed by atoms with van der Waals surface area (Å²) in [5.41, 5.74) is 0.127. The molecule has 1 unspecified atom stereocenters. The third-order valence-corrected chi connectivity index (χ3v) is 3.68. The Morgan fingerprint density at radius 3 is 2.55 bits per heavy atom. The predicted octanol–water partition coefficient (Wildman–Crippen LogP) is 2.36. The monoisotopic (exact) mass is 311 g/mol. The number of alkyl carbamates (subject to hydrolysis) is 1. The summed E-state index contributed by atoms with van der Waals surface area (Å²) in [7, 11) is 0. The van der Waals surface area contributed by atoms with Crippen molar-refractivity contribution in [3.8, 4) is 0 Å². The molecule has 0 aliphatic heterocycles. The normalized spacial score (nSPS) is 14.5. The molecule has 1 amide bonds. The zero-order valence-electron chi connectivity index (χ0n) is 14.3. The molecule has 22 heavy (non-hydrogen) atoms. The molecule has 2 N–H and O–H groups in total. The maximum atomic E-state index is 11.8. The van der Waals surface area contributed by atoms with Gasteiger partial charge in [0, 0.05) is 24.7 Å². The second kappa shape index (κ2) is 7.63. The molecule has 0 bridgehead atoms. The largest absolute Gasteiger partial charge is 0.444 e. The van der Waals surface area contributed by atoms with Gasteiger partial charge in [0.05, 0.1) is 12.8 Å². The molecule has 126 valence electrons. The Balaban J connectivity index is 2.68. The molecule has 0 aliphatic carbocycles. The number of nitrogens with one attached hydrogen (secondary N) is 1. The van der Waals surface area contributed by atoms with Crippen molar-refractivity contribution in [2.24, 2.45) is 5.41 Å². The molecule has 1 rings (SSSR count). The van der Waals surface area contributed by atoms with Gasteiger partial charge in [0.25, 0.3) is 0 Å². The van der Waals surface area contributed by atoms with Gasteiger partial charge in [-0.2, -0.15) is 5.10 Å². The van der Waals surface area contributed by atoms with Crippen molar-refractivity contribution in [3.05, 3.63) is 18.0 Å². The highest BCUT2D eigenvalue weighted by atomic mass is 16.6. The quantitative estimate of drug-likeness (QED) is 0.810. The van der Waals surface area contributed by atoms with Gasteiger partial charge < -0.3 is 15.2 Å². The molecule has 0 fully saturated rings. The van der Waals surface area contributed by atoms with Gasteiger partial charge >= 0.3 is 6.09 Å². The first-order chi connectivity index (χ1) is 10.2. The van der Waals surface area contributed by atoms with E-state index < -0.39 is 17.1 Å². The van der Waals surface area contributed by atoms with E-state index in [2.05, 4.69) is 10.4 Å². The van der Waals surface area contributed by atoms with Crippen molar-refractivity contribution in [1.29, 1.82) is 0 Å². The van der Waals surface area contributed by atoms with Crippen LogP contribution in [0.25, 0.3) is 0 Å². The first kappa shape index (κ1) is 18.5. The number of carbonyl (C=O) groups is 1. The second-order valence-corrected chi connectivity index (χ2v) is 6.75. The highest BCUT2D eigenvalue weighted by Gasteiger charge is 2.30. The van der Waals surface area contributed by atoms with Gasteiger partial charge in [-0.15, -0.1) is 0 Å². The number of rotatable bonds is 7. The van der Waals surface area contributed by atoms with Gasteiger partial charge in [-0.1, -0.05) is 6.92 Å². The van der Waals surface area contributed by atoms with Crippen LogP contribution in [-0.2, 0) is 17.7 Å². The number of ether oxygens (including phenoxy) is 1. The molecule has 0 saturated heterocycles. The van der Waals surface area contributed by atoms with E-state index in [1.54, 1.807) is 0 Å². The number of carbonyl (C=O) groups excluding carboxylic acids is 1. The molecule has 6 heteroatoms. The van der Waals surface area contributed by atoms with Gasteiger partial charge in [0.1, 0.15) is 5.60 Å². The van der Waals surface area contributed by atoms with E-state index >= 15 is 0 Å². The lowest BCUT2D eigenvalue weighted by Crippen LogP contribution is -2.43. The summed E-state index contributed by atoms with van der Waals surface area (Å²) >= 11 is 0. The lowest BCUT2D eigenvalue weighted by atomic mass is 9.80. The summed E-state index contributed by atoms with van der Waals surface area (Å²) in [6.07, 6.45) is 4.75.